The third-order valence-electron chi connectivity index (χ3n) is 8.82. The molecule has 0 spiro atoms. The van der Waals surface area contributed by atoms with Crippen molar-refractivity contribution < 1.29 is 9.13 Å². The lowest BCUT2D eigenvalue weighted by Gasteiger charge is -2.38. The lowest BCUT2D eigenvalue weighted by atomic mass is 9.74. The van der Waals surface area contributed by atoms with Gasteiger partial charge in [0.15, 0.2) is 5.11 Å². The molecule has 222 valence electrons. The summed E-state index contributed by atoms with van der Waals surface area (Å²) in [4.78, 5) is 17.0. The van der Waals surface area contributed by atoms with Crippen LogP contribution in [0.1, 0.15) is 37.7 Å². The SMILES string of the molecule is Fc1ccc(C2(CNC(=S)Nc3nc(N4CCCCC4)cc(N4CCN(c5ccccc5)CC4)n3)CCOCC2)cc1. The summed E-state index contributed by atoms with van der Waals surface area (Å²) in [6.07, 6.45) is 5.29. The van der Waals surface area contributed by atoms with Crippen molar-refractivity contribution >= 4 is 40.6 Å². The Morgan fingerprint density at radius 3 is 2.10 bits per heavy atom. The van der Waals surface area contributed by atoms with Crippen LogP contribution in [-0.4, -0.2) is 74.1 Å². The molecule has 10 heteroatoms. The van der Waals surface area contributed by atoms with E-state index < -0.39 is 0 Å². The lowest BCUT2D eigenvalue weighted by Crippen LogP contribution is -2.47. The van der Waals surface area contributed by atoms with Crippen LogP contribution in [0.3, 0.4) is 0 Å². The summed E-state index contributed by atoms with van der Waals surface area (Å²) < 4.78 is 19.3. The highest BCUT2D eigenvalue weighted by atomic mass is 32.1. The molecule has 0 bridgehead atoms. The number of piperidine rings is 1. The monoisotopic (exact) mass is 589 g/mol. The van der Waals surface area contributed by atoms with Crippen LogP contribution in [0.2, 0.25) is 0 Å². The molecule has 42 heavy (non-hydrogen) atoms. The first-order valence-electron chi connectivity index (χ1n) is 15.2. The van der Waals surface area contributed by atoms with Crippen LogP contribution in [0.5, 0.6) is 0 Å². The molecule has 3 aliphatic heterocycles. The van der Waals surface area contributed by atoms with Crippen molar-refractivity contribution in [2.75, 3.05) is 79.0 Å². The van der Waals surface area contributed by atoms with Crippen LogP contribution in [0, 0.1) is 5.82 Å². The number of nitrogens with zero attached hydrogens (tertiary/aromatic N) is 5. The number of thiocarbonyl (C=S) groups is 1. The van der Waals surface area contributed by atoms with Gasteiger partial charge in [-0.25, -0.2) is 4.39 Å². The highest BCUT2D eigenvalue weighted by Crippen LogP contribution is 2.34. The molecule has 3 saturated heterocycles. The van der Waals surface area contributed by atoms with E-state index in [0.29, 0.717) is 30.8 Å². The minimum atomic E-state index is -0.228. The fourth-order valence-electron chi connectivity index (χ4n) is 6.29. The van der Waals surface area contributed by atoms with Crippen LogP contribution in [-0.2, 0) is 10.2 Å². The van der Waals surface area contributed by atoms with Crippen molar-refractivity contribution in [1.29, 1.82) is 0 Å². The maximum Gasteiger partial charge on any atom is 0.232 e. The second-order valence-corrected chi connectivity index (χ2v) is 11.9. The molecule has 0 unspecified atom stereocenters. The van der Waals surface area contributed by atoms with Crippen LogP contribution < -0.4 is 25.3 Å². The molecule has 0 atom stereocenters. The van der Waals surface area contributed by atoms with E-state index in [1.54, 1.807) is 0 Å². The Balaban J connectivity index is 1.16. The van der Waals surface area contributed by atoms with Gasteiger partial charge in [-0.05, 0) is 74.2 Å². The number of halogens is 1. The second kappa shape index (κ2) is 13.2. The molecule has 8 nitrogen and oxygen atoms in total. The summed E-state index contributed by atoms with van der Waals surface area (Å²) in [5, 5.41) is 7.21. The van der Waals surface area contributed by atoms with E-state index in [1.807, 2.05) is 12.1 Å². The van der Waals surface area contributed by atoms with Crippen molar-refractivity contribution in [3.8, 4) is 0 Å². The van der Waals surface area contributed by atoms with Gasteiger partial charge in [0.2, 0.25) is 5.95 Å². The summed E-state index contributed by atoms with van der Waals surface area (Å²) in [6.45, 7) is 7.60. The normalized spacial score (nSPS) is 18.9. The van der Waals surface area contributed by atoms with Gasteiger partial charge in [-0.1, -0.05) is 30.3 Å². The third-order valence-corrected chi connectivity index (χ3v) is 9.07. The molecule has 2 aromatic carbocycles. The van der Waals surface area contributed by atoms with E-state index in [1.165, 1.54) is 37.1 Å². The molecular formula is C32H40FN7OS. The fourth-order valence-corrected chi connectivity index (χ4v) is 6.45. The summed E-state index contributed by atoms with van der Waals surface area (Å²) in [6, 6.07) is 19.6. The minimum Gasteiger partial charge on any atom is -0.381 e. The largest absolute Gasteiger partial charge is 0.381 e. The van der Waals surface area contributed by atoms with E-state index in [9.17, 15) is 4.39 Å². The minimum absolute atomic E-state index is 0.183. The predicted molar refractivity (Wildman–Crippen MR) is 171 cm³/mol. The van der Waals surface area contributed by atoms with Crippen LogP contribution in [0.4, 0.5) is 27.7 Å². The van der Waals surface area contributed by atoms with E-state index in [4.69, 9.17) is 26.9 Å². The first-order valence-corrected chi connectivity index (χ1v) is 15.6. The van der Waals surface area contributed by atoms with Gasteiger partial charge >= 0.3 is 0 Å². The Hall–Kier alpha value is -3.50. The van der Waals surface area contributed by atoms with Gasteiger partial charge in [-0.15, -0.1) is 0 Å². The number of hydrogen-bond donors (Lipinski definition) is 2. The standard InChI is InChI=1S/C32H40FN7OS/c33-26-11-9-25(10-12-26)32(13-21-41-22-14-32)24-34-31(42)37-30-35-28(39-15-5-2-6-16-39)23-29(36-30)40-19-17-38(18-20-40)27-7-3-1-4-8-27/h1,3-4,7-12,23H,2,5-6,13-22,24H2,(H2,34,35,36,37,42). The molecule has 2 N–H and O–H groups in total. The zero-order valence-corrected chi connectivity index (χ0v) is 24.9. The molecule has 0 aliphatic carbocycles. The number of ether oxygens (including phenoxy) is 1. The average molecular weight is 590 g/mol. The maximum atomic E-state index is 13.7. The first kappa shape index (κ1) is 28.6. The van der Waals surface area contributed by atoms with Crippen molar-refractivity contribution in [2.24, 2.45) is 0 Å². The Morgan fingerprint density at radius 1 is 0.810 bits per heavy atom. The van der Waals surface area contributed by atoms with Crippen LogP contribution in [0.15, 0.2) is 60.7 Å². The highest BCUT2D eigenvalue weighted by molar-refractivity contribution is 7.80. The Bertz CT molecular complexity index is 1320. The second-order valence-electron chi connectivity index (χ2n) is 11.5. The molecule has 3 aromatic rings. The fraction of sp³-hybridized carbons (Fsp3) is 0.469. The number of nitrogens with one attached hydrogen (secondary N) is 2. The molecule has 0 radical (unpaired) electrons. The zero-order chi connectivity index (χ0) is 28.8. The van der Waals surface area contributed by atoms with Gasteiger partial charge in [-0.3, -0.25) is 0 Å². The smallest absolute Gasteiger partial charge is 0.232 e. The molecule has 6 rings (SSSR count). The van der Waals surface area contributed by atoms with E-state index >= 15 is 0 Å². The summed E-state index contributed by atoms with van der Waals surface area (Å²) in [7, 11) is 0. The van der Waals surface area contributed by atoms with Crippen molar-refractivity contribution in [3.05, 3.63) is 72.0 Å². The predicted octanol–water partition coefficient (Wildman–Crippen LogP) is 4.97. The van der Waals surface area contributed by atoms with Crippen molar-refractivity contribution in [3.63, 3.8) is 0 Å². The number of rotatable bonds is 7. The van der Waals surface area contributed by atoms with Gasteiger partial charge in [0.05, 0.1) is 0 Å². The zero-order valence-electron chi connectivity index (χ0n) is 24.1. The molecular weight excluding hydrogens is 549 g/mol. The van der Waals surface area contributed by atoms with Gasteiger partial charge in [0.25, 0.3) is 0 Å². The third kappa shape index (κ3) is 6.76. The van der Waals surface area contributed by atoms with Gasteiger partial charge in [0, 0.05) is 76.2 Å². The number of hydrogen-bond acceptors (Lipinski definition) is 7. The number of anilines is 4. The van der Waals surface area contributed by atoms with E-state index in [-0.39, 0.29) is 11.2 Å². The molecule has 0 saturated carbocycles. The quantitative estimate of drug-likeness (QED) is 0.372. The number of aromatic nitrogens is 2. The van der Waals surface area contributed by atoms with Gasteiger partial charge in [-0.2, -0.15) is 9.97 Å². The summed E-state index contributed by atoms with van der Waals surface area (Å²) >= 11 is 5.77. The lowest BCUT2D eigenvalue weighted by molar-refractivity contribution is 0.0515. The van der Waals surface area contributed by atoms with Crippen molar-refractivity contribution in [2.45, 2.75) is 37.5 Å². The van der Waals surface area contributed by atoms with E-state index in [0.717, 1.165) is 69.3 Å². The number of para-hydroxylation sites is 1. The molecule has 3 fully saturated rings. The van der Waals surface area contributed by atoms with Crippen LogP contribution in [0.25, 0.3) is 0 Å². The average Bonchev–Trinajstić information content (AvgIpc) is 3.05. The van der Waals surface area contributed by atoms with E-state index in [2.05, 4.69) is 61.7 Å². The summed E-state index contributed by atoms with van der Waals surface area (Å²) in [5.41, 5.74) is 2.18. The summed E-state index contributed by atoms with van der Waals surface area (Å²) in [5.74, 6) is 2.16. The molecule has 4 heterocycles. The topological polar surface area (TPSA) is 68.8 Å². The molecule has 3 aliphatic rings. The molecule has 1 aromatic heterocycles. The van der Waals surface area contributed by atoms with Crippen LogP contribution >= 0.6 is 12.2 Å². The van der Waals surface area contributed by atoms with Crippen molar-refractivity contribution in [1.82, 2.24) is 15.3 Å². The number of benzene rings is 2. The number of piperazine rings is 1. The Labute approximate surface area is 253 Å². The first-order chi connectivity index (χ1) is 20.6. The Kier molecular flexibility index (Phi) is 9.00. The highest BCUT2D eigenvalue weighted by Gasteiger charge is 2.34. The maximum absolute atomic E-state index is 13.7. The molecule has 0 amide bonds. The van der Waals surface area contributed by atoms with Gasteiger partial charge < -0.3 is 30.1 Å². The Morgan fingerprint density at radius 2 is 1.43 bits per heavy atom. The van der Waals surface area contributed by atoms with Gasteiger partial charge in [0.1, 0.15) is 17.5 Å².